The molecule has 2 aromatic carbocycles. The highest BCUT2D eigenvalue weighted by Crippen LogP contribution is 2.45. The number of amides is 2. The minimum Gasteiger partial charge on any atom is -0.469 e. The van der Waals surface area contributed by atoms with E-state index in [4.69, 9.17) is 22.7 Å². The Morgan fingerprint density at radius 1 is 1.15 bits per heavy atom. The Balaban J connectivity index is 1.28. The molecular formula is C27H22N6O3S4. The lowest BCUT2D eigenvalue weighted by molar-refractivity contribution is -0.145. The van der Waals surface area contributed by atoms with Gasteiger partial charge in [-0.1, -0.05) is 65.2 Å². The molecule has 202 valence electrons. The van der Waals surface area contributed by atoms with Crippen LogP contribution in [0.2, 0.25) is 0 Å². The molecule has 6 rings (SSSR count). The smallest absolute Gasteiger partial charge is 0.253 e. The number of anilines is 1. The molecule has 0 spiro atoms. The third-order valence-corrected chi connectivity index (χ3v) is 9.49. The van der Waals surface area contributed by atoms with E-state index >= 15 is 0 Å². The maximum atomic E-state index is 13.5. The number of hydrogen-bond acceptors (Lipinski definition) is 11. The van der Waals surface area contributed by atoms with E-state index in [0.29, 0.717) is 22.3 Å². The zero-order valence-electron chi connectivity index (χ0n) is 20.8. The summed E-state index contributed by atoms with van der Waals surface area (Å²) < 4.78 is 10.5. The van der Waals surface area contributed by atoms with Gasteiger partial charge in [0.1, 0.15) is 23.2 Å². The van der Waals surface area contributed by atoms with Gasteiger partial charge < -0.3 is 15.8 Å². The Labute approximate surface area is 247 Å². The maximum absolute atomic E-state index is 13.5. The Kier molecular flexibility index (Phi) is 7.61. The topological polar surface area (TPSA) is 123 Å². The van der Waals surface area contributed by atoms with Crippen LogP contribution in [0.3, 0.4) is 0 Å². The molecule has 2 aliphatic rings. The normalized spacial score (nSPS) is 18.3. The van der Waals surface area contributed by atoms with Crippen LogP contribution in [0, 0.1) is 0 Å². The molecule has 2 aliphatic heterocycles. The second-order valence-electron chi connectivity index (χ2n) is 9.02. The summed E-state index contributed by atoms with van der Waals surface area (Å²) >= 11 is 9.96. The van der Waals surface area contributed by atoms with Crippen molar-refractivity contribution in [3.63, 3.8) is 0 Å². The Hall–Kier alpha value is -3.65. The fourth-order valence-electron chi connectivity index (χ4n) is 4.64. The number of aromatic nitrogens is 3. The minimum absolute atomic E-state index is 0.0483. The van der Waals surface area contributed by atoms with Gasteiger partial charge in [0.05, 0.1) is 23.2 Å². The summed E-state index contributed by atoms with van der Waals surface area (Å²) in [5, 5.41) is 8.86. The summed E-state index contributed by atoms with van der Waals surface area (Å²) in [6.07, 6.45) is 1.24. The second kappa shape index (κ2) is 11.5. The SMILES string of the molecule is Nc1nc(CC(=O)N[C@@H]2C(=O)N3C(C(=S)OC(c4ccccc4)c4ccccc4)=C(c4cnns4)CS[C@H]23)cs1. The van der Waals surface area contributed by atoms with Crippen molar-refractivity contribution in [1.29, 1.82) is 0 Å². The standard InChI is InChI=1S/C27H22N6O3S4/c28-27-30-17(13-39-27)11-20(34)31-21-24(35)33-22(18(14-38-25(21)33)19-12-29-32-40-19)26(37)36-23(15-7-3-1-4-8-15)16-9-5-2-6-10-16/h1-10,12-13,21,23,25H,11,14H2,(H2,28,30)(H,31,34)/t21-,25-/m1/s1. The molecular weight excluding hydrogens is 585 g/mol. The van der Waals surface area contributed by atoms with Crippen molar-refractivity contribution in [1.82, 2.24) is 24.8 Å². The van der Waals surface area contributed by atoms with E-state index < -0.39 is 12.1 Å². The van der Waals surface area contributed by atoms with Gasteiger partial charge in [-0.25, -0.2) is 4.98 Å². The lowest BCUT2D eigenvalue weighted by Crippen LogP contribution is -2.70. The van der Waals surface area contributed by atoms with Gasteiger partial charge in [0, 0.05) is 16.7 Å². The van der Waals surface area contributed by atoms with Gasteiger partial charge in [-0.15, -0.1) is 28.2 Å². The second-order valence-corrected chi connectivity index (χ2v) is 12.2. The van der Waals surface area contributed by atoms with E-state index in [2.05, 4.69) is 19.9 Å². The number of nitrogens with zero attached hydrogens (tertiary/aromatic N) is 4. The first-order chi connectivity index (χ1) is 19.5. The molecule has 2 aromatic heterocycles. The quantitative estimate of drug-likeness (QED) is 0.226. The average Bonchev–Trinajstić information content (AvgIpc) is 3.66. The number of nitrogens with two attached hydrogens (primary N) is 1. The summed E-state index contributed by atoms with van der Waals surface area (Å²) in [5.74, 6) is 0.00202. The van der Waals surface area contributed by atoms with E-state index in [1.807, 2.05) is 60.7 Å². The lowest BCUT2D eigenvalue weighted by Gasteiger charge is -2.50. The third-order valence-electron chi connectivity index (χ3n) is 6.48. The molecule has 4 heterocycles. The predicted molar refractivity (Wildman–Crippen MR) is 160 cm³/mol. The number of thiocarbonyl (C=S) groups is 1. The number of nitrogens with one attached hydrogen (secondary N) is 1. The number of β-lactam (4-membered cyclic amide) rings is 1. The maximum Gasteiger partial charge on any atom is 0.253 e. The number of thiazole rings is 1. The Morgan fingerprint density at radius 3 is 2.45 bits per heavy atom. The summed E-state index contributed by atoms with van der Waals surface area (Å²) in [6.45, 7) is 0. The highest BCUT2D eigenvalue weighted by atomic mass is 32.2. The van der Waals surface area contributed by atoms with Crippen molar-refractivity contribution in [3.8, 4) is 0 Å². The molecule has 1 fully saturated rings. The number of fused-ring (bicyclic) bond motifs is 1. The molecule has 0 bridgehead atoms. The fraction of sp³-hybridized carbons (Fsp3) is 0.185. The molecule has 40 heavy (non-hydrogen) atoms. The van der Waals surface area contributed by atoms with E-state index in [0.717, 1.165) is 21.6 Å². The molecule has 0 saturated carbocycles. The van der Waals surface area contributed by atoms with Crippen LogP contribution in [0.5, 0.6) is 0 Å². The van der Waals surface area contributed by atoms with E-state index in [1.54, 1.807) is 28.2 Å². The monoisotopic (exact) mass is 606 g/mol. The average molecular weight is 607 g/mol. The number of rotatable bonds is 8. The molecule has 3 N–H and O–H groups in total. The van der Waals surface area contributed by atoms with Crippen molar-refractivity contribution in [2.45, 2.75) is 23.9 Å². The van der Waals surface area contributed by atoms with Crippen LogP contribution < -0.4 is 11.1 Å². The summed E-state index contributed by atoms with van der Waals surface area (Å²) in [4.78, 5) is 32.8. The van der Waals surface area contributed by atoms with Gasteiger partial charge in [-0.2, -0.15) is 0 Å². The number of nitrogen functional groups attached to an aromatic ring is 1. The molecule has 0 unspecified atom stereocenters. The molecule has 0 radical (unpaired) electrons. The Bertz CT molecular complexity index is 1540. The number of benzene rings is 2. The van der Waals surface area contributed by atoms with Gasteiger partial charge in [0.25, 0.3) is 5.91 Å². The van der Waals surface area contributed by atoms with E-state index in [1.165, 1.54) is 22.9 Å². The van der Waals surface area contributed by atoms with Crippen LogP contribution in [-0.4, -0.2) is 53.5 Å². The van der Waals surface area contributed by atoms with Crippen LogP contribution in [0.15, 0.2) is 77.9 Å². The molecule has 9 nitrogen and oxygen atoms in total. The van der Waals surface area contributed by atoms with Crippen molar-refractivity contribution in [2.24, 2.45) is 0 Å². The molecule has 2 atom stereocenters. The van der Waals surface area contributed by atoms with Crippen LogP contribution >= 0.6 is 46.8 Å². The number of ether oxygens (including phenoxy) is 1. The van der Waals surface area contributed by atoms with E-state index in [9.17, 15) is 9.59 Å². The molecule has 0 aliphatic carbocycles. The fourth-order valence-corrected chi connectivity index (χ4v) is 7.53. The van der Waals surface area contributed by atoms with Crippen LogP contribution in [0.25, 0.3) is 5.57 Å². The van der Waals surface area contributed by atoms with Crippen molar-refractivity contribution in [2.75, 3.05) is 11.5 Å². The van der Waals surface area contributed by atoms with Crippen LogP contribution in [0.1, 0.15) is 27.8 Å². The van der Waals surface area contributed by atoms with Gasteiger partial charge in [0.2, 0.25) is 11.0 Å². The molecule has 2 amide bonds. The number of hydrogen-bond donors (Lipinski definition) is 2. The molecule has 1 saturated heterocycles. The molecule has 13 heteroatoms. The first-order valence-electron chi connectivity index (χ1n) is 12.3. The zero-order chi connectivity index (χ0) is 27.6. The van der Waals surface area contributed by atoms with Crippen LogP contribution in [0.4, 0.5) is 5.13 Å². The molecule has 4 aromatic rings. The number of carbonyl (C=O) groups excluding carboxylic acids is 2. The summed E-state index contributed by atoms with van der Waals surface area (Å²) in [7, 11) is 0. The summed E-state index contributed by atoms with van der Waals surface area (Å²) in [5.41, 5.74) is 9.47. The van der Waals surface area contributed by atoms with Gasteiger partial charge >= 0.3 is 0 Å². The minimum atomic E-state index is -0.688. The lowest BCUT2D eigenvalue weighted by atomic mass is 10.0. The Morgan fingerprint density at radius 2 is 1.85 bits per heavy atom. The predicted octanol–water partition coefficient (Wildman–Crippen LogP) is 4.06. The third kappa shape index (κ3) is 5.24. The van der Waals surface area contributed by atoms with Crippen LogP contribution in [-0.2, 0) is 20.7 Å². The first kappa shape index (κ1) is 26.6. The van der Waals surface area contributed by atoms with E-state index in [-0.39, 0.29) is 28.7 Å². The van der Waals surface area contributed by atoms with Gasteiger partial charge in [-0.05, 0) is 34.9 Å². The largest absolute Gasteiger partial charge is 0.469 e. The van der Waals surface area contributed by atoms with Gasteiger partial charge in [0.15, 0.2) is 5.13 Å². The first-order valence-corrected chi connectivity index (χ1v) is 15.4. The highest BCUT2D eigenvalue weighted by Gasteiger charge is 2.54. The van der Waals surface area contributed by atoms with Crippen molar-refractivity contribution >= 4 is 74.4 Å². The number of carbonyl (C=O) groups is 2. The summed E-state index contributed by atoms with van der Waals surface area (Å²) in [6, 6.07) is 18.9. The van der Waals surface area contributed by atoms with Crippen molar-refractivity contribution in [3.05, 3.63) is 99.6 Å². The van der Waals surface area contributed by atoms with Crippen molar-refractivity contribution < 1.29 is 14.3 Å². The van der Waals surface area contributed by atoms with Gasteiger partial charge in [-0.3, -0.25) is 14.5 Å². The zero-order valence-corrected chi connectivity index (χ0v) is 24.1. The number of thioether (sulfide) groups is 1. The highest BCUT2D eigenvalue weighted by molar-refractivity contribution is 8.00.